The number of aliphatic hydroxyl groups is 1. The fraction of sp³-hybridized carbons (Fsp3) is 0.308. The van der Waals surface area contributed by atoms with Crippen molar-refractivity contribution in [3.05, 3.63) is 40.8 Å². The van der Waals surface area contributed by atoms with Crippen molar-refractivity contribution >= 4 is 11.3 Å². The Morgan fingerprint density at radius 3 is 3.00 bits per heavy atom. The molecule has 0 aliphatic carbocycles. The molecule has 0 saturated heterocycles. The van der Waals surface area contributed by atoms with Gasteiger partial charge in [0.25, 0.3) is 0 Å². The zero-order valence-corrected chi connectivity index (χ0v) is 10.5. The second-order valence-electron chi connectivity index (χ2n) is 4.11. The smallest absolute Gasteiger partial charge is 0.161 e. The highest BCUT2D eigenvalue weighted by Gasteiger charge is 2.28. The first-order valence-electron chi connectivity index (χ1n) is 5.78. The van der Waals surface area contributed by atoms with Gasteiger partial charge in [-0.2, -0.15) is 0 Å². The van der Waals surface area contributed by atoms with Gasteiger partial charge in [0.05, 0.1) is 5.01 Å². The Balaban J connectivity index is 1.68. The predicted octanol–water partition coefficient (Wildman–Crippen LogP) is 1.89. The van der Waals surface area contributed by atoms with Crippen LogP contribution in [0.5, 0.6) is 11.5 Å². The summed E-state index contributed by atoms with van der Waals surface area (Å²) in [5.41, 5.74) is 0. The monoisotopic (exact) mass is 263 g/mol. The number of para-hydroxylation sites is 2. The van der Waals surface area contributed by atoms with Gasteiger partial charge in [0, 0.05) is 18.0 Å². The van der Waals surface area contributed by atoms with Gasteiger partial charge in [-0.25, -0.2) is 4.98 Å². The van der Waals surface area contributed by atoms with Crippen LogP contribution in [-0.4, -0.2) is 28.9 Å². The maximum Gasteiger partial charge on any atom is 0.161 e. The van der Waals surface area contributed by atoms with E-state index in [1.54, 1.807) is 6.20 Å². The lowest BCUT2D eigenvalue weighted by Crippen LogP contribution is -2.40. The molecule has 1 aromatic carbocycles. The molecule has 1 aliphatic heterocycles. The number of aliphatic hydroxyl groups excluding tert-OH is 1. The van der Waals surface area contributed by atoms with Crippen molar-refractivity contribution in [1.29, 1.82) is 0 Å². The molecule has 1 aromatic heterocycles. The molecule has 94 valence electrons. The maximum absolute atomic E-state index is 10.1. The van der Waals surface area contributed by atoms with E-state index in [2.05, 4.69) is 4.98 Å². The molecule has 0 bridgehead atoms. The molecule has 0 saturated carbocycles. The lowest BCUT2D eigenvalue weighted by Gasteiger charge is -2.29. The zero-order chi connectivity index (χ0) is 12.4. The molecule has 4 nitrogen and oxygen atoms in total. The van der Waals surface area contributed by atoms with Crippen LogP contribution in [0.1, 0.15) is 5.01 Å². The third kappa shape index (κ3) is 2.32. The SMILES string of the molecule is OC(Cc1nccs1)C1COc2ccccc2O1. The Morgan fingerprint density at radius 2 is 2.22 bits per heavy atom. The van der Waals surface area contributed by atoms with Gasteiger partial charge in [-0.3, -0.25) is 0 Å². The van der Waals surface area contributed by atoms with Crippen LogP contribution in [0, 0.1) is 0 Å². The van der Waals surface area contributed by atoms with Crippen molar-refractivity contribution < 1.29 is 14.6 Å². The van der Waals surface area contributed by atoms with Crippen LogP contribution in [-0.2, 0) is 6.42 Å². The minimum Gasteiger partial charge on any atom is -0.486 e. The first kappa shape index (κ1) is 11.5. The third-order valence-electron chi connectivity index (χ3n) is 2.83. The molecule has 2 unspecified atom stereocenters. The van der Waals surface area contributed by atoms with Gasteiger partial charge >= 0.3 is 0 Å². The van der Waals surface area contributed by atoms with E-state index in [0.717, 1.165) is 10.8 Å². The van der Waals surface area contributed by atoms with Crippen LogP contribution < -0.4 is 9.47 Å². The summed E-state index contributed by atoms with van der Waals surface area (Å²) in [5, 5.41) is 12.9. The van der Waals surface area contributed by atoms with Gasteiger partial charge in [-0.1, -0.05) is 12.1 Å². The number of ether oxygens (including phenoxy) is 2. The number of thiazole rings is 1. The van der Waals surface area contributed by atoms with E-state index in [1.165, 1.54) is 11.3 Å². The molecule has 2 atom stereocenters. The standard InChI is InChI=1S/C13H13NO3S/c15-9(7-13-14-5-6-18-13)12-8-16-10-3-1-2-4-11(10)17-12/h1-6,9,12,15H,7-8H2. The highest BCUT2D eigenvalue weighted by molar-refractivity contribution is 7.09. The molecule has 0 amide bonds. The molecule has 18 heavy (non-hydrogen) atoms. The van der Waals surface area contributed by atoms with Crippen molar-refractivity contribution in [2.75, 3.05) is 6.61 Å². The zero-order valence-electron chi connectivity index (χ0n) is 9.65. The van der Waals surface area contributed by atoms with Gasteiger partial charge in [-0.05, 0) is 12.1 Å². The molecule has 5 heteroatoms. The summed E-state index contributed by atoms with van der Waals surface area (Å²) >= 11 is 1.53. The number of rotatable bonds is 3. The van der Waals surface area contributed by atoms with Gasteiger partial charge in [0.15, 0.2) is 17.6 Å². The second kappa shape index (κ2) is 4.96. The van der Waals surface area contributed by atoms with Crippen LogP contribution in [0.2, 0.25) is 0 Å². The molecular weight excluding hydrogens is 250 g/mol. The number of aromatic nitrogens is 1. The lowest BCUT2D eigenvalue weighted by molar-refractivity contribution is -0.00942. The van der Waals surface area contributed by atoms with Crippen molar-refractivity contribution in [3.63, 3.8) is 0 Å². The highest BCUT2D eigenvalue weighted by atomic mass is 32.1. The van der Waals surface area contributed by atoms with Crippen molar-refractivity contribution in [2.45, 2.75) is 18.6 Å². The van der Waals surface area contributed by atoms with Gasteiger partial charge in [0.2, 0.25) is 0 Å². The summed E-state index contributed by atoms with van der Waals surface area (Å²) in [7, 11) is 0. The summed E-state index contributed by atoms with van der Waals surface area (Å²) < 4.78 is 11.3. The van der Waals surface area contributed by atoms with Crippen molar-refractivity contribution in [1.82, 2.24) is 4.98 Å². The molecule has 3 rings (SSSR count). The average molecular weight is 263 g/mol. The Morgan fingerprint density at radius 1 is 1.39 bits per heavy atom. The lowest BCUT2D eigenvalue weighted by atomic mass is 10.1. The van der Waals surface area contributed by atoms with E-state index in [4.69, 9.17) is 9.47 Å². The number of hydrogen-bond acceptors (Lipinski definition) is 5. The fourth-order valence-electron chi connectivity index (χ4n) is 1.89. The summed E-state index contributed by atoms with van der Waals surface area (Å²) in [6.45, 7) is 0.365. The summed E-state index contributed by atoms with van der Waals surface area (Å²) in [6, 6.07) is 7.49. The Hall–Kier alpha value is -1.59. The summed E-state index contributed by atoms with van der Waals surface area (Å²) in [5.74, 6) is 1.42. The average Bonchev–Trinajstić information content (AvgIpc) is 2.91. The van der Waals surface area contributed by atoms with Crippen LogP contribution >= 0.6 is 11.3 Å². The van der Waals surface area contributed by atoms with Gasteiger partial charge in [0.1, 0.15) is 12.7 Å². The van der Waals surface area contributed by atoms with E-state index in [0.29, 0.717) is 18.8 Å². The number of fused-ring (bicyclic) bond motifs is 1. The van der Waals surface area contributed by atoms with Crippen molar-refractivity contribution in [3.8, 4) is 11.5 Å². The molecule has 0 radical (unpaired) electrons. The molecule has 1 N–H and O–H groups in total. The van der Waals surface area contributed by atoms with Crippen LogP contribution in [0.15, 0.2) is 35.8 Å². The normalized spacial score (nSPS) is 19.5. The number of hydrogen-bond donors (Lipinski definition) is 1. The Bertz CT molecular complexity index is 515. The third-order valence-corrected chi connectivity index (χ3v) is 3.63. The maximum atomic E-state index is 10.1. The topological polar surface area (TPSA) is 51.6 Å². The first-order valence-corrected chi connectivity index (χ1v) is 6.66. The first-order chi connectivity index (χ1) is 8.83. The van der Waals surface area contributed by atoms with Gasteiger partial charge < -0.3 is 14.6 Å². The molecule has 2 heterocycles. The van der Waals surface area contributed by atoms with Gasteiger partial charge in [-0.15, -0.1) is 11.3 Å². The Labute approximate surface area is 109 Å². The van der Waals surface area contributed by atoms with E-state index >= 15 is 0 Å². The summed E-state index contributed by atoms with van der Waals surface area (Å²) in [4.78, 5) is 4.16. The summed E-state index contributed by atoms with van der Waals surface area (Å²) in [6.07, 6.45) is 1.28. The predicted molar refractivity (Wildman–Crippen MR) is 68.2 cm³/mol. The number of nitrogens with zero attached hydrogens (tertiary/aromatic N) is 1. The molecule has 0 spiro atoms. The Kier molecular flexibility index (Phi) is 3.17. The van der Waals surface area contributed by atoms with E-state index < -0.39 is 6.10 Å². The highest BCUT2D eigenvalue weighted by Crippen LogP contribution is 2.32. The second-order valence-corrected chi connectivity index (χ2v) is 5.09. The van der Waals surface area contributed by atoms with Crippen LogP contribution in [0.25, 0.3) is 0 Å². The quantitative estimate of drug-likeness (QED) is 0.918. The van der Waals surface area contributed by atoms with Crippen LogP contribution in [0.4, 0.5) is 0 Å². The van der Waals surface area contributed by atoms with E-state index in [1.807, 2.05) is 29.6 Å². The minimum atomic E-state index is -0.607. The largest absolute Gasteiger partial charge is 0.486 e. The minimum absolute atomic E-state index is 0.344. The van der Waals surface area contributed by atoms with Crippen molar-refractivity contribution in [2.24, 2.45) is 0 Å². The molecule has 1 aliphatic rings. The van der Waals surface area contributed by atoms with Crippen LogP contribution in [0.3, 0.4) is 0 Å². The molecule has 2 aromatic rings. The molecular formula is C13H13NO3S. The van der Waals surface area contributed by atoms with E-state index in [9.17, 15) is 5.11 Å². The number of benzene rings is 1. The fourth-order valence-corrected chi connectivity index (χ4v) is 2.56. The van der Waals surface area contributed by atoms with E-state index in [-0.39, 0.29) is 6.10 Å². The molecule has 0 fully saturated rings.